The molecule has 1 aliphatic heterocycles. The van der Waals surface area contributed by atoms with Crippen LogP contribution in [0.4, 0.5) is 4.79 Å². The summed E-state index contributed by atoms with van der Waals surface area (Å²) in [5.74, 6) is 0. The summed E-state index contributed by atoms with van der Waals surface area (Å²) < 4.78 is 1.05. The third-order valence-corrected chi connectivity index (χ3v) is 5.24. The molecule has 108 valence electrons. The predicted octanol–water partition coefficient (Wildman–Crippen LogP) is 2.68. The number of hydrogen-bond donors (Lipinski definition) is 2. The Kier molecular flexibility index (Phi) is 3.29. The van der Waals surface area contributed by atoms with Gasteiger partial charge in [-0.05, 0) is 60.9 Å². The number of hydrogen-bond acceptors (Lipinski definition) is 2. The van der Waals surface area contributed by atoms with E-state index in [0.29, 0.717) is 25.9 Å². The predicted molar refractivity (Wildman–Crippen MR) is 79.0 cm³/mol. The van der Waals surface area contributed by atoms with Gasteiger partial charge in [0.1, 0.15) is 0 Å². The number of fused-ring (bicyclic) bond motifs is 3. The Bertz CT molecular complexity index is 583. The van der Waals surface area contributed by atoms with E-state index >= 15 is 0 Å². The molecule has 4 nitrogen and oxygen atoms in total. The van der Waals surface area contributed by atoms with E-state index in [-0.39, 0.29) is 0 Å². The van der Waals surface area contributed by atoms with Crippen molar-refractivity contribution in [2.75, 3.05) is 13.1 Å². The quantitative estimate of drug-likeness (QED) is 0.763. The standard InChI is InChI=1S/C15H18BrNO3/c1-15(20)5-2-11-12(16)8-9-3-6-17(14(18)19)7-4-10(9)13(11)15/h8,20H,2-7H2,1H3,(H,18,19). The van der Waals surface area contributed by atoms with Gasteiger partial charge in [0.25, 0.3) is 0 Å². The van der Waals surface area contributed by atoms with Crippen molar-refractivity contribution in [2.45, 2.75) is 38.2 Å². The van der Waals surface area contributed by atoms with Crippen molar-refractivity contribution >= 4 is 22.0 Å². The van der Waals surface area contributed by atoms with Gasteiger partial charge in [-0.15, -0.1) is 0 Å². The zero-order chi connectivity index (χ0) is 14.5. The number of halogens is 1. The van der Waals surface area contributed by atoms with Gasteiger partial charge in [-0.1, -0.05) is 15.9 Å². The number of nitrogens with zero attached hydrogens (tertiary/aromatic N) is 1. The highest BCUT2D eigenvalue weighted by atomic mass is 79.9. The third-order valence-electron chi connectivity index (χ3n) is 4.53. The topological polar surface area (TPSA) is 60.8 Å². The number of benzene rings is 1. The van der Waals surface area contributed by atoms with Crippen LogP contribution in [0.25, 0.3) is 0 Å². The van der Waals surface area contributed by atoms with Crippen molar-refractivity contribution in [1.29, 1.82) is 0 Å². The second kappa shape index (κ2) is 4.74. The van der Waals surface area contributed by atoms with Gasteiger partial charge in [-0.25, -0.2) is 4.79 Å². The third kappa shape index (κ3) is 2.13. The average molecular weight is 340 g/mol. The van der Waals surface area contributed by atoms with Crippen LogP contribution in [0.2, 0.25) is 0 Å². The first-order chi connectivity index (χ1) is 9.40. The van der Waals surface area contributed by atoms with Crippen LogP contribution in [0.3, 0.4) is 0 Å². The Hall–Kier alpha value is -1.07. The van der Waals surface area contributed by atoms with Gasteiger partial charge in [0.05, 0.1) is 5.60 Å². The minimum Gasteiger partial charge on any atom is -0.465 e. The molecule has 0 radical (unpaired) electrons. The molecule has 0 fully saturated rings. The van der Waals surface area contributed by atoms with Crippen LogP contribution < -0.4 is 0 Å². The zero-order valence-corrected chi connectivity index (χ0v) is 13.0. The number of rotatable bonds is 0. The molecule has 1 heterocycles. The Morgan fingerprint density at radius 3 is 2.70 bits per heavy atom. The van der Waals surface area contributed by atoms with Gasteiger partial charge in [0.15, 0.2) is 0 Å². The normalized spacial score (nSPS) is 25.1. The molecule has 1 aromatic carbocycles. The molecule has 1 aromatic rings. The highest BCUT2D eigenvalue weighted by Crippen LogP contribution is 2.44. The van der Waals surface area contributed by atoms with Crippen molar-refractivity contribution in [3.05, 3.63) is 32.8 Å². The van der Waals surface area contributed by atoms with Crippen LogP contribution in [0.5, 0.6) is 0 Å². The molecule has 1 unspecified atom stereocenters. The molecule has 1 atom stereocenters. The van der Waals surface area contributed by atoms with E-state index in [0.717, 1.165) is 28.4 Å². The fraction of sp³-hybridized carbons (Fsp3) is 0.533. The smallest absolute Gasteiger partial charge is 0.407 e. The van der Waals surface area contributed by atoms with Crippen molar-refractivity contribution < 1.29 is 15.0 Å². The van der Waals surface area contributed by atoms with E-state index in [2.05, 4.69) is 22.0 Å². The maximum absolute atomic E-state index is 11.2. The Balaban J connectivity index is 2.08. The molecule has 5 heteroatoms. The summed E-state index contributed by atoms with van der Waals surface area (Å²) in [6, 6.07) is 2.11. The number of aliphatic hydroxyl groups is 1. The van der Waals surface area contributed by atoms with Crippen LogP contribution in [-0.2, 0) is 24.9 Å². The first kappa shape index (κ1) is 13.9. The maximum Gasteiger partial charge on any atom is 0.407 e. The van der Waals surface area contributed by atoms with Crippen molar-refractivity contribution in [1.82, 2.24) is 4.90 Å². The highest BCUT2D eigenvalue weighted by Gasteiger charge is 2.37. The lowest BCUT2D eigenvalue weighted by Crippen LogP contribution is -2.31. The zero-order valence-electron chi connectivity index (χ0n) is 11.4. The molecule has 0 saturated carbocycles. The van der Waals surface area contributed by atoms with E-state index in [1.807, 2.05) is 6.92 Å². The van der Waals surface area contributed by atoms with E-state index in [4.69, 9.17) is 5.11 Å². The fourth-order valence-corrected chi connectivity index (χ4v) is 4.16. The summed E-state index contributed by atoms with van der Waals surface area (Å²) >= 11 is 3.61. The maximum atomic E-state index is 11.2. The van der Waals surface area contributed by atoms with E-state index in [1.165, 1.54) is 16.0 Å². The molecular weight excluding hydrogens is 322 g/mol. The molecule has 0 bridgehead atoms. The van der Waals surface area contributed by atoms with Crippen molar-refractivity contribution in [3.8, 4) is 0 Å². The molecule has 20 heavy (non-hydrogen) atoms. The lowest BCUT2D eigenvalue weighted by Gasteiger charge is -2.23. The second-order valence-electron chi connectivity index (χ2n) is 5.89. The van der Waals surface area contributed by atoms with E-state index < -0.39 is 11.7 Å². The van der Waals surface area contributed by atoms with Gasteiger partial charge in [0.2, 0.25) is 0 Å². The summed E-state index contributed by atoms with van der Waals surface area (Å²) in [4.78, 5) is 12.6. The first-order valence-corrected chi connectivity index (χ1v) is 7.73. The molecule has 0 spiro atoms. The van der Waals surface area contributed by atoms with E-state index in [1.54, 1.807) is 0 Å². The largest absolute Gasteiger partial charge is 0.465 e. The monoisotopic (exact) mass is 339 g/mol. The summed E-state index contributed by atoms with van der Waals surface area (Å²) in [6.07, 6.45) is 2.15. The van der Waals surface area contributed by atoms with Crippen molar-refractivity contribution in [3.63, 3.8) is 0 Å². The molecule has 1 amide bonds. The minimum absolute atomic E-state index is 0.506. The Morgan fingerprint density at radius 1 is 1.30 bits per heavy atom. The number of amides is 1. The molecule has 2 aliphatic rings. The molecule has 1 aliphatic carbocycles. The molecule has 2 N–H and O–H groups in total. The molecular formula is C15H18BrNO3. The minimum atomic E-state index is -0.861. The van der Waals surface area contributed by atoms with Crippen LogP contribution in [0.1, 0.15) is 35.6 Å². The second-order valence-corrected chi connectivity index (χ2v) is 6.75. The lowest BCUT2D eigenvalue weighted by molar-refractivity contribution is 0.0585. The van der Waals surface area contributed by atoms with Gasteiger partial charge < -0.3 is 15.1 Å². The molecule has 0 saturated heterocycles. The van der Waals surface area contributed by atoms with Crippen LogP contribution in [-0.4, -0.2) is 34.3 Å². The lowest BCUT2D eigenvalue weighted by atomic mass is 9.88. The van der Waals surface area contributed by atoms with Gasteiger partial charge in [-0.3, -0.25) is 0 Å². The summed E-state index contributed by atoms with van der Waals surface area (Å²) in [5, 5.41) is 19.8. The number of carbonyl (C=O) groups is 1. The summed E-state index contributed by atoms with van der Waals surface area (Å²) in [6.45, 7) is 2.90. The van der Waals surface area contributed by atoms with Crippen molar-refractivity contribution in [2.24, 2.45) is 0 Å². The SMILES string of the molecule is CC1(O)CCc2c(Br)cc3c(c21)CCN(C(=O)O)CC3. The van der Waals surface area contributed by atoms with Crippen LogP contribution >= 0.6 is 15.9 Å². The van der Waals surface area contributed by atoms with Gasteiger partial charge in [-0.2, -0.15) is 0 Å². The first-order valence-electron chi connectivity index (χ1n) is 6.94. The highest BCUT2D eigenvalue weighted by molar-refractivity contribution is 9.10. The van der Waals surface area contributed by atoms with E-state index in [9.17, 15) is 9.90 Å². The summed E-state index contributed by atoms with van der Waals surface area (Å²) in [5.41, 5.74) is 3.77. The molecule has 3 rings (SSSR count). The molecule has 0 aromatic heterocycles. The Morgan fingerprint density at radius 2 is 2.00 bits per heavy atom. The number of carboxylic acid groups (broad SMARTS) is 1. The van der Waals surface area contributed by atoms with Gasteiger partial charge >= 0.3 is 6.09 Å². The van der Waals surface area contributed by atoms with Crippen LogP contribution in [0, 0.1) is 0 Å². The summed E-state index contributed by atoms with van der Waals surface area (Å²) in [7, 11) is 0. The van der Waals surface area contributed by atoms with Crippen LogP contribution in [0.15, 0.2) is 10.5 Å². The Labute approximate surface area is 126 Å². The average Bonchev–Trinajstić information content (AvgIpc) is 2.57. The fourth-order valence-electron chi connectivity index (χ4n) is 3.49. The van der Waals surface area contributed by atoms with Gasteiger partial charge in [0, 0.05) is 17.6 Å².